The van der Waals surface area contributed by atoms with Gasteiger partial charge in [-0.15, -0.1) is 5.10 Å². The molecule has 0 radical (unpaired) electrons. The zero-order valence-electron chi connectivity index (χ0n) is 11.6. The number of hydrogen-bond acceptors (Lipinski definition) is 5. The van der Waals surface area contributed by atoms with E-state index in [-0.39, 0.29) is 11.2 Å². The predicted octanol–water partition coefficient (Wildman–Crippen LogP) is 1.33. The first-order chi connectivity index (χ1) is 8.31. The molecule has 2 N–H and O–H groups in total. The molecule has 0 saturated carbocycles. The fourth-order valence-electron chi connectivity index (χ4n) is 2.58. The Morgan fingerprint density at radius 2 is 1.78 bits per heavy atom. The summed E-state index contributed by atoms with van der Waals surface area (Å²) in [7, 11) is 0. The standard InChI is InChI=1S/C13H22N4O/c1-12(2)8-17(9-13(3,4)18-12)11-6-5-10(7-14)15-16-11/h5-6H,7-9,14H2,1-4H3. The molecule has 1 aromatic rings. The molecule has 18 heavy (non-hydrogen) atoms. The average Bonchev–Trinajstić information content (AvgIpc) is 2.25. The Kier molecular flexibility index (Phi) is 3.29. The van der Waals surface area contributed by atoms with Gasteiger partial charge in [0.2, 0.25) is 0 Å². The number of ether oxygens (including phenoxy) is 1. The minimum Gasteiger partial charge on any atom is -0.366 e. The summed E-state index contributed by atoms with van der Waals surface area (Å²) in [5.74, 6) is 0.886. The Hall–Kier alpha value is -1.20. The quantitative estimate of drug-likeness (QED) is 0.858. The molecule has 0 bridgehead atoms. The van der Waals surface area contributed by atoms with Crippen molar-refractivity contribution in [2.24, 2.45) is 5.73 Å². The van der Waals surface area contributed by atoms with Gasteiger partial charge in [-0.1, -0.05) is 0 Å². The number of rotatable bonds is 2. The summed E-state index contributed by atoms with van der Waals surface area (Å²) in [6.07, 6.45) is 0. The third-order valence-corrected chi connectivity index (χ3v) is 2.93. The smallest absolute Gasteiger partial charge is 0.151 e. The van der Waals surface area contributed by atoms with Gasteiger partial charge in [-0.3, -0.25) is 0 Å². The zero-order chi connectivity index (χ0) is 13.4. The van der Waals surface area contributed by atoms with E-state index in [9.17, 15) is 0 Å². The lowest BCUT2D eigenvalue weighted by atomic mass is 9.99. The van der Waals surface area contributed by atoms with Gasteiger partial charge in [0.05, 0.1) is 16.9 Å². The molecule has 1 aromatic heterocycles. The van der Waals surface area contributed by atoms with Crippen molar-refractivity contribution in [2.75, 3.05) is 18.0 Å². The molecule has 1 saturated heterocycles. The van der Waals surface area contributed by atoms with Crippen LogP contribution in [0, 0.1) is 0 Å². The van der Waals surface area contributed by atoms with Crippen molar-refractivity contribution in [1.29, 1.82) is 0 Å². The molecule has 2 rings (SSSR count). The van der Waals surface area contributed by atoms with E-state index in [0.717, 1.165) is 24.6 Å². The van der Waals surface area contributed by atoms with Crippen LogP contribution in [0.2, 0.25) is 0 Å². The molecule has 2 heterocycles. The van der Waals surface area contributed by atoms with Crippen LogP contribution < -0.4 is 10.6 Å². The summed E-state index contributed by atoms with van der Waals surface area (Å²) < 4.78 is 6.05. The highest BCUT2D eigenvalue weighted by molar-refractivity contribution is 5.39. The molecule has 0 amide bonds. The average molecular weight is 250 g/mol. The van der Waals surface area contributed by atoms with Gasteiger partial charge in [0.25, 0.3) is 0 Å². The summed E-state index contributed by atoms with van der Waals surface area (Å²) in [6.45, 7) is 10.4. The SMILES string of the molecule is CC1(C)CN(c2ccc(CN)nn2)CC(C)(C)O1. The predicted molar refractivity (Wildman–Crippen MR) is 71.4 cm³/mol. The van der Waals surface area contributed by atoms with E-state index in [1.165, 1.54) is 0 Å². The van der Waals surface area contributed by atoms with Crippen LogP contribution in [0.4, 0.5) is 5.82 Å². The van der Waals surface area contributed by atoms with Gasteiger partial charge in [0.1, 0.15) is 0 Å². The van der Waals surface area contributed by atoms with E-state index in [4.69, 9.17) is 10.5 Å². The Bertz CT molecular complexity index is 398. The molecule has 1 aliphatic rings. The Morgan fingerprint density at radius 3 is 2.22 bits per heavy atom. The second kappa shape index (κ2) is 4.48. The normalized spacial score (nSPS) is 21.9. The van der Waals surface area contributed by atoms with Crippen LogP contribution in [0.5, 0.6) is 0 Å². The van der Waals surface area contributed by atoms with E-state index in [1.54, 1.807) is 0 Å². The molecule has 1 fully saturated rings. The van der Waals surface area contributed by atoms with Crippen LogP contribution in [0.25, 0.3) is 0 Å². The number of morpholine rings is 1. The summed E-state index contributed by atoms with van der Waals surface area (Å²) >= 11 is 0. The molecule has 100 valence electrons. The van der Waals surface area contributed by atoms with Crippen LogP contribution in [0.15, 0.2) is 12.1 Å². The molecule has 0 aliphatic carbocycles. The third-order valence-electron chi connectivity index (χ3n) is 2.93. The first-order valence-electron chi connectivity index (χ1n) is 6.29. The maximum atomic E-state index is 6.05. The number of nitrogens with two attached hydrogens (primary N) is 1. The Morgan fingerprint density at radius 1 is 1.17 bits per heavy atom. The molecule has 1 aliphatic heterocycles. The number of anilines is 1. The number of nitrogens with zero attached hydrogens (tertiary/aromatic N) is 3. The molecule has 0 atom stereocenters. The fourth-order valence-corrected chi connectivity index (χ4v) is 2.58. The highest BCUT2D eigenvalue weighted by atomic mass is 16.5. The van der Waals surface area contributed by atoms with Crippen molar-refractivity contribution in [3.05, 3.63) is 17.8 Å². The largest absolute Gasteiger partial charge is 0.366 e. The van der Waals surface area contributed by atoms with E-state index >= 15 is 0 Å². The van der Waals surface area contributed by atoms with Crippen molar-refractivity contribution >= 4 is 5.82 Å². The second-order valence-corrected chi connectivity index (χ2v) is 6.06. The van der Waals surface area contributed by atoms with Crippen LogP contribution in [-0.2, 0) is 11.3 Å². The molecule has 5 nitrogen and oxygen atoms in total. The van der Waals surface area contributed by atoms with Crippen molar-refractivity contribution in [3.63, 3.8) is 0 Å². The minimum absolute atomic E-state index is 0.185. The van der Waals surface area contributed by atoms with Crippen molar-refractivity contribution in [1.82, 2.24) is 10.2 Å². The third kappa shape index (κ3) is 2.97. The lowest BCUT2D eigenvalue weighted by Gasteiger charge is -2.47. The van der Waals surface area contributed by atoms with E-state index in [0.29, 0.717) is 6.54 Å². The summed E-state index contributed by atoms with van der Waals surface area (Å²) in [4.78, 5) is 2.22. The van der Waals surface area contributed by atoms with Crippen molar-refractivity contribution in [2.45, 2.75) is 45.4 Å². The minimum atomic E-state index is -0.185. The van der Waals surface area contributed by atoms with E-state index in [1.807, 2.05) is 12.1 Å². The fraction of sp³-hybridized carbons (Fsp3) is 0.692. The Labute approximate surface area is 108 Å². The number of aromatic nitrogens is 2. The number of hydrogen-bond donors (Lipinski definition) is 1. The van der Waals surface area contributed by atoms with Gasteiger partial charge in [-0.25, -0.2) is 0 Å². The van der Waals surface area contributed by atoms with Gasteiger partial charge in [0.15, 0.2) is 5.82 Å². The molecule has 5 heteroatoms. The monoisotopic (exact) mass is 250 g/mol. The van der Waals surface area contributed by atoms with Gasteiger partial charge in [-0.2, -0.15) is 5.10 Å². The van der Waals surface area contributed by atoms with Gasteiger partial charge in [0, 0.05) is 19.6 Å². The first-order valence-corrected chi connectivity index (χ1v) is 6.29. The molecule has 0 aromatic carbocycles. The second-order valence-electron chi connectivity index (χ2n) is 6.06. The van der Waals surface area contributed by atoms with E-state index < -0.39 is 0 Å². The van der Waals surface area contributed by atoms with Crippen LogP contribution in [0.1, 0.15) is 33.4 Å². The van der Waals surface area contributed by atoms with E-state index in [2.05, 4.69) is 42.8 Å². The zero-order valence-corrected chi connectivity index (χ0v) is 11.6. The van der Waals surface area contributed by atoms with Crippen molar-refractivity contribution in [3.8, 4) is 0 Å². The Balaban J connectivity index is 2.21. The lowest BCUT2D eigenvalue weighted by Crippen LogP contribution is -2.57. The maximum absolute atomic E-state index is 6.05. The maximum Gasteiger partial charge on any atom is 0.151 e. The lowest BCUT2D eigenvalue weighted by molar-refractivity contribution is -0.133. The topological polar surface area (TPSA) is 64.3 Å². The molecule has 0 unspecified atom stereocenters. The molecular formula is C13H22N4O. The van der Waals surface area contributed by atoms with Crippen molar-refractivity contribution < 1.29 is 4.74 Å². The molecule has 0 spiro atoms. The van der Waals surface area contributed by atoms with Crippen LogP contribution in [-0.4, -0.2) is 34.5 Å². The summed E-state index contributed by atoms with van der Waals surface area (Å²) in [6, 6.07) is 3.91. The highest BCUT2D eigenvalue weighted by Crippen LogP contribution is 2.30. The first kappa shape index (κ1) is 13.2. The van der Waals surface area contributed by atoms with Crippen LogP contribution in [0.3, 0.4) is 0 Å². The van der Waals surface area contributed by atoms with Gasteiger partial charge < -0.3 is 15.4 Å². The van der Waals surface area contributed by atoms with Gasteiger partial charge in [-0.05, 0) is 39.8 Å². The van der Waals surface area contributed by atoms with Gasteiger partial charge >= 0.3 is 0 Å². The highest BCUT2D eigenvalue weighted by Gasteiger charge is 2.38. The van der Waals surface area contributed by atoms with Crippen LogP contribution >= 0.6 is 0 Å². The molecular weight excluding hydrogens is 228 g/mol. The summed E-state index contributed by atoms with van der Waals surface area (Å²) in [5.41, 5.74) is 5.97. The summed E-state index contributed by atoms with van der Waals surface area (Å²) in [5, 5.41) is 8.36.